The van der Waals surface area contributed by atoms with Crippen LogP contribution >= 0.6 is 0 Å². The molecule has 10 aromatic carbocycles. The Labute approximate surface area is 322 Å². The van der Waals surface area contributed by atoms with Gasteiger partial charge in [0.15, 0.2) is 0 Å². The van der Waals surface area contributed by atoms with E-state index in [4.69, 9.17) is 0 Å². The van der Waals surface area contributed by atoms with Crippen molar-refractivity contribution in [2.75, 3.05) is 4.90 Å². The normalized spacial score (nSPS) is 11.3. The lowest BCUT2D eigenvalue weighted by Crippen LogP contribution is -2.10. The van der Waals surface area contributed by atoms with Crippen molar-refractivity contribution in [2.24, 2.45) is 0 Å². The molecule has 0 aromatic heterocycles. The quantitative estimate of drug-likeness (QED) is 0.160. The zero-order chi connectivity index (χ0) is 36.6. The summed E-state index contributed by atoms with van der Waals surface area (Å²) in [7, 11) is 0. The van der Waals surface area contributed by atoms with Crippen molar-refractivity contribution in [3.63, 3.8) is 0 Å². The number of benzene rings is 10. The molecule has 0 spiro atoms. The van der Waals surface area contributed by atoms with Gasteiger partial charge in [0, 0.05) is 17.1 Å². The monoisotopic (exact) mass is 699 g/mol. The molecule has 10 rings (SSSR count). The van der Waals surface area contributed by atoms with E-state index in [-0.39, 0.29) is 0 Å². The molecule has 258 valence electrons. The molecule has 0 saturated carbocycles. The third-order valence-corrected chi connectivity index (χ3v) is 10.8. The molecule has 0 amide bonds. The van der Waals surface area contributed by atoms with Gasteiger partial charge in [0.05, 0.1) is 0 Å². The average molecular weight is 700 g/mol. The van der Waals surface area contributed by atoms with E-state index in [1.54, 1.807) is 0 Å². The predicted molar refractivity (Wildman–Crippen MR) is 235 cm³/mol. The second-order valence-electron chi connectivity index (χ2n) is 14.2. The molecule has 1 heteroatoms. The standard InChI is InChI=1S/C54H37N/c1-2-11-38(12-3-1)44-23-24-47-36-45(25-26-46(47)35-44)43-17-8-18-50(37-43)55(48-31-27-41(28-32-48)53-21-9-15-39-13-4-6-19-51(39)53)49-33-29-42(30-34-49)54-22-10-16-40-14-5-7-20-52(40)54/h1-37H. The van der Waals surface area contributed by atoms with Crippen LogP contribution in [-0.2, 0) is 0 Å². The fourth-order valence-corrected chi connectivity index (χ4v) is 8.04. The van der Waals surface area contributed by atoms with Crippen LogP contribution in [0.2, 0.25) is 0 Å². The molecule has 0 fully saturated rings. The van der Waals surface area contributed by atoms with E-state index >= 15 is 0 Å². The lowest BCUT2D eigenvalue weighted by molar-refractivity contribution is 1.28. The number of hydrogen-bond acceptors (Lipinski definition) is 1. The summed E-state index contributed by atoms with van der Waals surface area (Å²) >= 11 is 0. The predicted octanol–water partition coefficient (Wildman–Crippen LogP) is 15.3. The summed E-state index contributed by atoms with van der Waals surface area (Å²) in [5.74, 6) is 0. The molecule has 10 aromatic rings. The Kier molecular flexibility index (Phi) is 8.24. The summed E-state index contributed by atoms with van der Waals surface area (Å²) in [6.07, 6.45) is 0. The molecule has 0 aliphatic carbocycles. The minimum Gasteiger partial charge on any atom is -0.310 e. The second-order valence-corrected chi connectivity index (χ2v) is 14.2. The fraction of sp³-hybridized carbons (Fsp3) is 0. The average Bonchev–Trinajstić information content (AvgIpc) is 3.27. The van der Waals surface area contributed by atoms with Gasteiger partial charge in [-0.25, -0.2) is 0 Å². The summed E-state index contributed by atoms with van der Waals surface area (Å²) in [5, 5.41) is 7.49. The smallest absolute Gasteiger partial charge is 0.0467 e. The first-order valence-corrected chi connectivity index (χ1v) is 18.9. The maximum Gasteiger partial charge on any atom is 0.0467 e. The van der Waals surface area contributed by atoms with E-state index in [9.17, 15) is 0 Å². The van der Waals surface area contributed by atoms with E-state index in [1.807, 2.05) is 0 Å². The molecule has 0 aliphatic heterocycles. The highest BCUT2D eigenvalue weighted by Gasteiger charge is 2.16. The topological polar surface area (TPSA) is 3.24 Å². The van der Waals surface area contributed by atoms with E-state index in [0.29, 0.717) is 0 Å². The van der Waals surface area contributed by atoms with Crippen LogP contribution in [0.3, 0.4) is 0 Å². The van der Waals surface area contributed by atoms with Gasteiger partial charge in [-0.05, 0) is 125 Å². The number of hydrogen-bond donors (Lipinski definition) is 0. The van der Waals surface area contributed by atoms with Crippen molar-refractivity contribution in [3.8, 4) is 44.5 Å². The zero-order valence-electron chi connectivity index (χ0n) is 30.3. The molecular weight excluding hydrogens is 663 g/mol. The molecular formula is C54H37N. The Morgan fingerprint density at radius 1 is 0.218 bits per heavy atom. The molecule has 55 heavy (non-hydrogen) atoms. The van der Waals surface area contributed by atoms with Gasteiger partial charge in [-0.3, -0.25) is 0 Å². The minimum atomic E-state index is 1.10. The number of rotatable bonds is 7. The molecule has 0 bridgehead atoms. The van der Waals surface area contributed by atoms with E-state index < -0.39 is 0 Å². The summed E-state index contributed by atoms with van der Waals surface area (Å²) in [6.45, 7) is 0. The first-order valence-electron chi connectivity index (χ1n) is 18.9. The maximum atomic E-state index is 2.37. The first-order chi connectivity index (χ1) is 27.2. The van der Waals surface area contributed by atoms with Crippen LogP contribution in [0.1, 0.15) is 0 Å². The molecule has 0 unspecified atom stereocenters. The van der Waals surface area contributed by atoms with E-state index in [0.717, 1.165) is 17.1 Å². The Balaban J connectivity index is 1.05. The van der Waals surface area contributed by atoms with Crippen LogP contribution in [0.5, 0.6) is 0 Å². The van der Waals surface area contributed by atoms with Crippen LogP contribution < -0.4 is 4.90 Å². The van der Waals surface area contributed by atoms with Gasteiger partial charge < -0.3 is 4.90 Å². The fourth-order valence-electron chi connectivity index (χ4n) is 8.04. The second kappa shape index (κ2) is 14.0. The summed E-state index contributed by atoms with van der Waals surface area (Å²) in [6, 6.07) is 81.4. The number of nitrogens with zero attached hydrogens (tertiary/aromatic N) is 1. The Bertz CT molecular complexity index is 2830. The molecule has 0 heterocycles. The van der Waals surface area contributed by atoms with E-state index in [2.05, 4.69) is 229 Å². The van der Waals surface area contributed by atoms with Gasteiger partial charge in [0.2, 0.25) is 0 Å². The Hall–Kier alpha value is -7.22. The van der Waals surface area contributed by atoms with Crippen molar-refractivity contribution in [3.05, 3.63) is 224 Å². The summed E-state index contributed by atoms with van der Waals surface area (Å²) in [5.41, 5.74) is 13.0. The highest BCUT2D eigenvalue weighted by Crippen LogP contribution is 2.40. The lowest BCUT2D eigenvalue weighted by Gasteiger charge is -2.26. The Morgan fingerprint density at radius 3 is 1.20 bits per heavy atom. The third kappa shape index (κ3) is 6.22. The minimum absolute atomic E-state index is 1.10. The van der Waals surface area contributed by atoms with Gasteiger partial charge in [-0.15, -0.1) is 0 Å². The van der Waals surface area contributed by atoms with Crippen molar-refractivity contribution < 1.29 is 0 Å². The van der Waals surface area contributed by atoms with Gasteiger partial charge in [-0.2, -0.15) is 0 Å². The largest absolute Gasteiger partial charge is 0.310 e. The highest BCUT2D eigenvalue weighted by molar-refractivity contribution is 5.98. The molecule has 0 N–H and O–H groups in total. The van der Waals surface area contributed by atoms with Gasteiger partial charge in [0.25, 0.3) is 0 Å². The molecule has 1 nitrogen and oxygen atoms in total. The Morgan fingerprint density at radius 2 is 0.636 bits per heavy atom. The van der Waals surface area contributed by atoms with Crippen molar-refractivity contribution in [1.82, 2.24) is 0 Å². The van der Waals surface area contributed by atoms with Crippen LogP contribution in [0.4, 0.5) is 17.1 Å². The highest BCUT2D eigenvalue weighted by atomic mass is 15.1. The molecule has 0 atom stereocenters. The first kappa shape index (κ1) is 32.4. The van der Waals surface area contributed by atoms with Crippen LogP contribution in [0.15, 0.2) is 224 Å². The SMILES string of the molecule is c1ccc(-c2ccc3cc(-c4cccc(N(c5ccc(-c6cccc7ccccc67)cc5)c5ccc(-c6cccc7ccccc67)cc5)c4)ccc3c2)cc1. The van der Waals surface area contributed by atoms with Gasteiger partial charge >= 0.3 is 0 Å². The van der Waals surface area contributed by atoms with Crippen LogP contribution in [0.25, 0.3) is 76.8 Å². The number of fused-ring (bicyclic) bond motifs is 3. The summed E-state index contributed by atoms with van der Waals surface area (Å²) < 4.78 is 0. The molecule has 0 saturated heterocycles. The van der Waals surface area contributed by atoms with Crippen molar-refractivity contribution >= 4 is 49.4 Å². The van der Waals surface area contributed by atoms with Gasteiger partial charge in [-0.1, -0.05) is 176 Å². The number of anilines is 3. The van der Waals surface area contributed by atoms with Crippen LogP contribution in [-0.4, -0.2) is 0 Å². The maximum absolute atomic E-state index is 2.37. The van der Waals surface area contributed by atoms with Crippen molar-refractivity contribution in [2.45, 2.75) is 0 Å². The lowest BCUT2D eigenvalue weighted by atomic mass is 9.96. The van der Waals surface area contributed by atoms with E-state index in [1.165, 1.54) is 76.8 Å². The zero-order valence-corrected chi connectivity index (χ0v) is 30.3. The van der Waals surface area contributed by atoms with Gasteiger partial charge in [0.1, 0.15) is 0 Å². The van der Waals surface area contributed by atoms with Crippen molar-refractivity contribution in [1.29, 1.82) is 0 Å². The van der Waals surface area contributed by atoms with Crippen LogP contribution in [0, 0.1) is 0 Å². The molecule has 0 radical (unpaired) electrons. The molecule has 0 aliphatic rings. The third-order valence-electron chi connectivity index (χ3n) is 10.8. The summed E-state index contributed by atoms with van der Waals surface area (Å²) in [4.78, 5) is 2.37.